The van der Waals surface area contributed by atoms with E-state index in [9.17, 15) is 0 Å². The SMILES string of the molecule is CN=C(NCCCOCC1CCOC1)NCc1cccc(CN2CCOCC2)c1.I. The number of ether oxygens (including phenoxy) is 3. The van der Waals surface area contributed by atoms with E-state index in [0.717, 1.165) is 91.2 Å². The van der Waals surface area contributed by atoms with Gasteiger partial charge in [-0.2, -0.15) is 0 Å². The van der Waals surface area contributed by atoms with Gasteiger partial charge >= 0.3 is 0 Å². The molecule has 1 aromatic rings. The van der Waals surface area contributed by atoms with E-state index in [-0.39, 0.29) is 24.0 Å². The number of benzene rings is 1. The number of rotatable bonds is 10. The van der Waals surface area contributed by atoms with Crippen molar-refractivity contribution in [1.29, 1.82) is 0 Å². The summed E-state index contributed by atoms with van der Waals surface area (Å²) >= 11 is 0. The van der Waals surface area contributed by atoms with Gasteiger partial charge in [-0.3, -0.25) is 9.89 Å². The van der Waals surface area contributed by atoms with Crippen molar-refractivity contribution in [3.8, 4) is 0 Å². The van der Waals surface area contributed by atoms with Crippen LogP contribution in [-0.2, 0) is 27.3 Å². The van der Waals surface area contributed by atoms with Gasteiger partial charge < -0.3 is 24.8 Å². The largest absolute Gasteiger partial charge is 0.381 e. The Morgan fingerprint density at radius 1 is 1.17 bits per heavy atom. The average molecular weight is 532 g/mol. The molecule has 2 aliphatic rings. The van der Waals surface area contributed by atoms with E-state index in [1.54, 1.807) is 7.05 Å². The van der Waals surface area contributed by atoms with Gasteiger partial charge in [0.25, 0.3) is 0 Å². The molecule has 3 rings (SSSR count). The lowest BCUT2D eigenvalue weighted by Gasteiger charge is -2.26. The minimum Gasteiger partial charge on any atom is -0.381 e. The number of guanidine groups is 1. The lowest BCUT2D eigenvalue weighted by molar-refractivity contribution is 0.0342. The van der Waals surface area contributed by atoms with Gasteiger partial charge in [0.1, 0.15) is 0 Å². The molecule has 0 amide bonds. The molecule has 7 nitrogen and oxygen atoms in total. The Bertz CT molecular complexity index is 620. The van der Waals surface area contributed by atoms with Gasteiger partial charge in [0.2, 0.25) is 0 Å². The molecule has 8 heteroatoms. The van der Waals surface area contributed by atoms with E-state index in [2.05, 4.69) is 44.8 Å². The molecule has 0 radical (unpaired) electrons. The molecular formula is C22H37IN4O3. The van der Waals surface area contributed by atoms with E-state index in [1.807, 2.05) is 0 Å². The summed E-state index contributed by atoms with van der Waals surface area (Å²) in [6.07, 6.45) is 2.09. The number of hydrogen-bond donors (Lipinski definition) is 2. The van der Waals surface area contributed by atoms with Crippen LogP contribution in [0.15, 0.2) is 29.3 Å². The standard InChI is InChI=1S/C22H36N4O3.HI/c1-23-22(24-7-3-10-28-17-21-6-11-29-18-21)25-15-19-4-2-5-20(14-19)16-26-8-12-27-13-9-26;/h2,4-5,14,21H,3,6-13,15-18H2,1H3,(H2,23,24,25);1H. The molecular weight excluding hydrogens is 495 g/mol. The van der Waals surface area contributed by atoms with Crippen molar-refractivity contribution in [3.05, 3.63) is 35.4 Å². The molecule has 0 saturated carbocycles. The van der Waals surface area contributed by atoms with Gasteiger partial charge in [0.15, 0.2) is 5.96 Å². The molecule has 1 unspecified atom stereocenters. The van der Waals surface area contributed by atoms with Crippen molar-refractivity contribution < 1.29 is 14.2 Å². The summed E-state index contributed by atoms with van der Waals surface area (Å²) < 4.78 is 16.5. The Morgan fingerprint density at radius 3 is 2.77 bits per heavy atom. The first-order chi connectivity index (χ1) is 14.3. The molecule has 0 bridgehead atoms. The summed E-state index contributed by atoms with van der Waals surface area (Å²) in [6.45, 7) is 9.60. The van der Waals surface area contributed by atoms with E-state index in [0.29, 0.717) is 5.92 Å². The van der Waals surface area contributed by atoms with Crippen LogP contribution >= 0.6 is 24.0 Å². The number of aliphatic imine (C=N–C) groups is 1. The topological polar surface area (TPSA) is 67.4 Å². The summed E-state index contributed by atoms with van der Waals surface area (Å²) in [4.78, 5) is 6.76. The normalized spacial score (nSPS) is 20.0. The van der Waals surface area contributed by atoms with E-state index in [4.69, 9.17) is 14.2 Å². The lowest BCUT2D eigenvalue weighted by atomic mass is 10.1. The highest BCUT2D eigenvalue weighted by molar-refractivity contribution is 14.0. The van der Waals surface area contributed by atoms with Crippen LogP contribution in [0.4, 0.5) is 0 Å². The third-order valence-corrected chi connectivity index (χ3v) is 5.32. The van der Waals surface area contributed by atoms with Crippen molar-refractivity contribution in [1.82, 2.24) is 15.5 Å². The Kier molecular flexibility index (Phi) is 12.6. The zero-order valence-electron chi connectivity index (χ0n) is 18.1. The first kappa shape index (κ1) is 25.3. The summed E-state index contributed by atoms with van der Waals surface area (Å²) in [5.41, 5.74) is 2.61. The molecule has 170 valence electrons. The first-order valence-electron chi connectivity index (χ1n) is 10.8. The molecule has 2 saturated heterocycles. The zero-order valence-corrected chi connectivity index (χ0v) is 20.4. The van der Waals surface area contributed by atoms with Crippen LogP contribution in [0.1, 0.15) is 24.0 Å². The zero-order chi connectivity index (χ0) is 20.2. The molecule has 2 aliphatic heterocycles. The number of morpholine rings is 1. The molecule has 1 atom stereocenters. The molecule has 2 N–H and O–H groups in total. The van der Waals surface area contributed by atoms with Crippen LogP contribution in [0.25, 0.3) is 0 Å². The molecule has 30 heavy (non-hydrogen) atoms. The third-order valence-electron chi connectivity index (χ3n) is 5.32. The second-order valence-corrected chi connectivity index (χ2v) is 7.72. The lowest BCUT2D eigenvalue weighted by Crippen LogP contribution is -2.37. The van der Waals surface area contributed by atoms with Crippen molar-refractivity contribution in [2.24, 2.45) is 10.9 Å². The second-order valence-electron chi connectivity index (χ2n) is 7.72. The molecule has 0 aliphatic carbocycles. The maximum absolute atomic E-state index is 5.75. The monoisotopic (exact) mass is 532 g/mol. The first-order valence-corrected chi connectivity index (χ1v) is 10.8. The molecule has 0 spiro atoms. The van der Waals surface area contributed by atoms with Crippen molar-refractivity contribution in [2.75, 3.05) is 66.3 Å². The van der Waals surface area contributed by atoms with Gasteiger partial charge in [-0.05, 0) is 24.0 Å². The van der Waals surface area contributed by atoms with Gasteiger partial charge in [-0.25, -0.2) is 0 Å². The molecule has 1 aromatic carbocycles. The number of hydrogen-bond acceptors (Lipinski definition) is 5. The third kappa shape index (κ3) is 9.47. The van der Waals surface area contributed by atoms with Crippen LogP contribution in [0.5, 0.6) is 0 Å². The fraction of sp³-hybridized carbons (Fsp3) is 0.682. The summed E-state index contributed by atoms with van der Waals surface area (Å²) in [6, 6.07) is 8.76. The molecule has 2 heterocycles. The second kappa shape index (κ2) is 15.0. The number of nitrogens with one attached hydrogen (secondary N) is 2. The van der Waals surface area contributed by atoms with Gasteiger partial charge in [-0.1, -0.05) is 24.3 Å². The highest BCUT2D eigenvalue weighted by atomic mass is 127. The van der Waals surface area contributed by atoms with E-state index in [1.165, 1.54) is 11.1 Å². The van der Waals surface area contributed by atoms with E-state index >= 15 is 0 Å². The summed E-state index contributed by atoms with van der Waals surface area (Å²) in [5, 5.41) is 6.76. The Balaban J connectivity index is 0.00000320. The van der Waals surface area contributed by atoms with Crippen LogP contribution in [0.2, 0.25) is 0 Å². The summed E-state index contributed by atoms with van der Waals surface area (Å²) in [7, 11) is 1.81. The van der Waals surface area contributed by atoms with Crippen LogP contribution in [0, 0.1) is 5.92 Å². The van der Waals surface area contributed by atoms with Crippen molar-refractivity contribution >= 4 is 29.9 Å². The highest BCUT2D eigenvalue weighted by Gasteiger charge is 2.15. The number of halogens is 1. The maximum Gasteiger partial charge on any atom is 0.191 e. The fourth-order valence-electron chi connectivity index (χ4n) is 3.61. The van der Waals surface area contributed by atoms with Gasteiger partial charge in [0.05, 0.1) is 26.4 Å². The summed E-state index contributed by atoms with van der Waals surface area (Å²) in [5.74, 6) is 1.41. The van der Waals surface area contributed by atoms with E-state index < -0.39 is 0 Å². The number of nitrogens with zero attached hydrogens (tertiary/aromatic N) is 2. The average Bonchev–Trinajstić information content (AvgIpc) is 3.27. The predicted octanol–water partition coefficient (Wildman–Crippen LogP) is 2.25. The molecule has 2 fully saturated rings. The quantitative estimate of drug-likeness (QED) is 0.209. The maximum atomic E-state index is 5.75. The van der Waals surface area contributed by atoms with Gasteiger partial charge in [0, 0.05) is 58.9 Å². The van der Waals surface area contributed by atoms with Crippen LogP contribution in [0.3, 0.4) is 0 Å². The smallest absolute Gasteiger partial charge is 0.191 e. The van der Waals surface area contributed by atoms with Gasteiger partial charge in [-0.15, -0.1) is 24.0 Å². The Labute approximate surface area is 197 Å². The minimum atomic E-state index is 0. The van der Waals surface area contributed by atoms with Crippen LogP contribution < -0.4 is 10.6 Å². The molecule has 0 aromatic heterocycles. The highest BCUT2D eigenvalue weighted by Crippen LogP contribution is 2.12. The van der Waals surface area contributed by atoms with Crippen molar-refractivity contribution in [3.63, 3.8) is 0 Å². The van der Waals surface area contributed by atoms with Crippen LogP contribution in [-0.4, -0.2) is 77.2 Å². The Morgan fingerprint density at radius 2 is 2.00 bits per heavy atom. The van der Waals surface area contributed by atoms with Crippen molar-refractivity contribution in [2.45, 2.75) is 25.9 Å². The fourth-order valence-corrected chi connectivity index (χ4v) is 3.61. The Hall–Kier alpha value is -0.940. The predicted molar refractivity (Wildman–Crippen MR) is 131 cm³/mol. The minimum absolute atomic E-state index is 0.